The van der Waals surface area contributed by atoms with Gasteiger partial charge in [0.05, 0.1) is 12.9 Å². The van der Waals surface area contributed by atoms with Crippen molar-refractivity contribution in [2.45, 2.75) is 47.0 Å². The fourth-order valence-corrected chi connectivity index (χ4v) is 4.43. The van der Waals surface area contributed by atoms with E-state index in [0.717, 1.165) is 64.9 Å². The molecule has 0 unspecified atom stereocenters. The quantitative estimate of drug-likeness (QED) is 0.443. The topological polar surface area (TPSA) is 42.7 Å². The Morgan fingerprint density at radius 2 is 1.87 bits per heavy atom. The van der Waals surface area contributed by atoms with Gasteiger partial charge in [-0.1, -0.05) is 23.8 Å². The molecule has 1 aromatic heterocycles. The summed E-state index contributed by atoms with van der Waals surface area (Å²) < 4.78 is 11.8. The van der Waals surface area contributed by atoms with Gasteiger partial charge in [-0.3, -0.25) is 4.79 Å². The molecule has 1 amide bonds. The molecule has 0 bridgehead atoms. The van der Waals surface area contributed by atoms with E-state index in [1.165, 1.54) is 17.5 Å². The van der Waals surface area contributed by atoms with E-state index in [2.05, 4.69) is 38.1 Å². The monoisotopic (exact) mass is 417 g/mol. The van der Waals surface area contributed by atoms with Crippen molar-refractivity contribution in [3.05, 3.63) is 59.4 Å². The van der Waals surface area contributed by atoms with Gasteiger partial charge in [-0.15, -0.1) is 0 Å². The standard InChI is InChI=1S/C27H31NO3/c1-5-30-25-16-26-23(24(17-31-26)21-10-9-18(2)13-19(21)3)15-22(25)20(4)14-27(29)28-11-7-6-8-12-28/h9-10,13-17H,5-8,11-12H2,1-4H3/b20-14+. The van der Waals surface area contributed by atoms with Gasteiger partial charge in [0.1, 0.15) is 11.3 Å². The van der Waals surface area contributed by atoms with Crippen LogP contribution in [0.25, 0.3) is 27.7 Å². The maximum Gasteiger partial charge on any atom is 0.246 e. The number of likely N-dealkylation sites (tertiary alicyclic amines) is 1. The molecule has 4 nitrogen and oxygen atoms in total. The van der Waals surface area contributed by atoms with Gasteiger partial charge in [0.15, 0.2) is 0 Å². The van der Waals surface area contributed by atoms with Crippen LogP contribution in [0.5, 0.6) is 5.75 Å². The number of furan rings is 1. The molecule has 1 saturated heterocycles. The molecule has 1 aliphatic heterocycles. The SMILES string of the molecule is CCOc1cc2occ(-c3ccc(C)cc3C)c2cc1/C(C)=C/C(=O)N1CCCCC1. The largest absolute Gasteiger partial charge is 0.493 e. The Balaban J connectivity index is 1.78. The number of hydrogen-bond donors (Lipinski definition) is 0. The Bertz CT molecular complexity index is 1130. The lowest BCUT2D eigenvalue weighted by atomic mass is 9.96. The maximum atomic E-state index is 12.8. The highest BCUT2D eigenvalue weighted by molar-refractivity contribution is 6.00. The van der Waals surface area contributed by atoms with Crippen molar-refractivity contribution in [2.24, 2.45) is 0 Å². The van der Waals surface area contributed by atoms with Gasteiger partial charge in [-0.05, 0) is 69.7 Å². The van der Waals surface area contributed by atoms with Gasteiger partial charge >= 0.3 is 0 Å². The van der Waals surface area contributed by atoms with Gasteiger partial charge in [-0.25, -0.2) is 0 Å². The molecular weight excluding hydrogens is 386 g/mol. The third kappa shape index (κ3) is 4.39. The number of nitrogens with zero attached hydrogens (tertiary/aromatic N) is 1. The van der Waals surface area contributed by atoms with Crippen molar-refractivity contribution in [1.82, 2.24) is 4.90 Å². The highest BCUT2D eigenvalue weighted by Crippen LogP contribution is 2.38. The van der Waals surface area contributed by atoms with Gasteiger partial charge in [0.2, 0.25) is 5.91 Å². The van der Waals surface area contributed by atoms with Crippen LogP contribution in [0.4, 0.5) is 0 Å². The first-order valence-electron chi connectivity index (χ1n) is 11.2. The molecule has 0 N–H and O–H groups in total. The van der Waals surface area contributed by atoms with Crippen molar-refractivity contribution < 1.29 is 13.9 Å². The number of aryl methyl sites for hydroxylation is 2. The molecule has 0 aliphatic carbocycles. The summed E-state index contributed by atoms with van der Waals surface area (Å²) in [5, 5.41) is 1.03. The van der Waals surface area contributed by atoms with Crippen LogP contribution < -0.4 is 4.74 Å². The minimum atomic E-state index is 0.0848. The van der Waals surface area contributed by atoms with Crippen LogP contribution in [0.1, 0.15) is 49.8 Å². The van der Waals surface area contributed by atoms with Crippen molar-refractivity contribution in [2.75, 3.05) is 19.7 Å². The highest BCUT2D eigenvalue weighted by Gasteiger charge is 2.18. The van der Waals surface area contributed by atoms with E-state index in [0.29, 0.717) is 6.61 Å². The van der Waals surface area contributed by atoms with Crippen LogP contribution in [-0.4, -0.2) is 30.5 Å². The maximum absolute atomic E-state index is 12.8. The van der Waals surface area contributed by atoms with Crippen LogP contribution in [0.2, 0.25) is 0 Å². The molecule has 2 aromatic carbocycles. The molecular formula is C27H31NO3. The second kappa shape index (κ2) is 9.01. The Labute approximate surface area is 184 Å². The molecule has 2 heterocycles. The molecule has 3 aromatic rings. The molecule has 1 fully saturated rings. The average Bonchev–Trinajstić information content (AvgIpc) is 3.16. The lowest BCUT2D eigenvalue weighted by Gasteiger charge is -2.25. The molecule has 162 valence electrons. The number of fused-ring (bicyclic) bond motifs is 1. The molecule has 0 atom stereocenters. The molecule has 4 heteroatoms. The van der Waals surface area contributed by atoms with Crippen LogP contribution in [0, 0.1) is 13.8 Å². The zero-order valence-corrected chi connectivity index (χ0v) is 19.0. The van der Waals surface area contributed by atoms with Crippen LogP contribution in [-0.2, 0) is 4.79 Å². The van der Waals surface area contributed by atoms with Crippen molar-refractivity contribution in [1.29, 1.82) is 0 Å². The number of carbonyl (C=O) groups is 1. The van der Waals surface area contributed by atoms with Gasteiger partial charge in [0, 0.05) is 41.7 Å². The van der Waals surface area contributed by atoms with Crippen molar-refractivity contribution in [3.63, 3.8) is 0 Å². The average molecular weight is 418 g/mol. The molecule has 0 spiro atoms. The number of amides is 1. The first kappa shape index (κ1) is 21.2. The van der Waals surface area contributed by atoms with Gasteiger partial charge < -0.3 is 14.1 Å². The van der Waals surface area contributed by atoms with Gasteiger partial charge in [-0.2, -0.15) is 0 Å². The van der Waals surface area contributed by atoms with Crippen LogP contribution >= 0.6 is 0 Å². The lowest BCUT2D eigenvalue weighted by molar-refractivity contribution is -0.126. The number of piperidine rings is 1. The minimum Gasteiger partial charge on any atom is -0.493 e. The first-order chi connectivity index (χ1) is 15.0. The third-order valence-corrected chi connectivity index (χ3v) is 6.08. The van der Waals surface area contributed by atoms with E-state index >= 15 is 0 Å². The van der Waals surface area contributed by atoms with Gasteiger partial charge in [0.25, 0.3) is 0 Å². The number of carbonyl (C=O) groups excluding carboxylic acids is 1. The Morgan fingerprint density at radius 1 is 1.10 bits per heavy atom. The smallest absolute Gasteiger partial charge is 0.246 e. The van der Waals surface area contributed by atoms with E-state index in [-0.39, 0.29) is 5.91 Å². The van der Waals surface area contributed by atoms with E-state index < -0.39 is 0 Å². The number of hydrogen-bond acceptors (Lipinski definition) is 3. The Hall–Kier alpha value is -3.01. The Kier molecular flexibility index (Phi) is 6.17. The molecule has 0 saturated carbocycles. The fraction of sp³-hybridized carbons (Fsp3) is 0.370. The zero-order valence-electron chi connectivity index (χ0n) is 19.0. The summed E-state index contributed by atoms with van der Waals surface area (Å²) in [6.45, 7) is 10.4. The summed E-state index contributed by atoms with van der Waals surface area (Å²) in [6.07, 6.45) is 6.96. The van der Waals surface area contributed by atoms with Crippen LogP contribution in [0.15, 0.2) is 47.1 Å². The number of ether oxygens (including phenoxy) is 1. The van der Waals surface area contributed by atoms with E-state index in [1.807, 2.05) is 31.1 Å². The zero-order chi connectivity index (χ0) is 22.0. The summed E-state index contributed by atoms with van der Waals surface area (Å²) in [6, 6.07) is 10.5. The number of rotatable bonds is 5. The predicted molar refractivity (Wildman–Crippen MR) is 126 cm³/mol. The highest BCUT2D eigenvalue weighted by atomic mass is 16.5. The second-order valence-corrected chi connectivity index (χ2v) is 8.46. The molecule has 1 aliphatic rings. The molecule has 31 heavy (non-hydrogen) atoms. The normalized spacial score (nSPS) is 14.8. The lowest BCUT2D eigenvalue weighted by Crippen LogP contribution is -2.34. The molecule has 4 rings (SSSR count). The third-order valence-electron chi connectivity index (χ3n) is 6.08. The molecule has 0 radical (unpaired) electrons. The summed E-state index contributed by atoms with van der Waals surface area (Å²) in [5.74, 6) is 0.832. The van der Waals surface area contributed by atoms with E-state index in [9.17, 15) is 4.79 Å². The summed E-state index contributed by atoms with van der Waals surface area (Å²) in [7, 11) is 0. The number of benzene rings is 2. The van der Waals surface area contributed by atoms with Crippen molar-refractivity contribution >= 4 is 22.4 Å². The predicted octanol–water partition coefficient (Wildman–Crippen LogP) is 6.53. The number of allylic oxidation sites excluding steroid dienone is 1. The second-order valence-electron chi connectivity index (χ2n) is 8.46. The summed E-state index contributed by atoms with van der Waals surface area (Å²) >= 11 is 0. The van der Waals surface area contributed by atoms with E-state index in [1.54, 1.807) is 6.08 Å². The summed E-state index contributed by atoms with van der Waals surface area (Å²) in [5.41, 5.74) is 7.31. The first-order valence-corrected chi connectivity index (χ1v) is 11.2. The van der Waals surface area contributed by atoms with Crippen molar-refractivity contribution in [3.8, 4) is 16.9 Å². The Morgan fingerprint density at radius 3 is 2.58 bits per heavy atom. The minimum absolute atomic E-state index is 0.0848. The fourth-order valence-electron chi connectivity index (χ4n) is 4.43. The van der Waals surface area contributed by atoms with Crippen LogP contribution in [0.3, 0.4) is 0 Å². The van der Waals surface area contributed by atoms with E-state index in [4.69, 9.17) is 9.15 Å². The summed E-state index contributed by atoms with van der Waals surface area (Å²) in [4.78, 5) is 14.8.